The number of rotatable bonds is 8. The number of fused-ring (bicyclic) bond motifs is 1. The third-order valence-electron chi connectivity index (χ3n) is 5.20. The quantitative estimate of drug-likeness (QED) is 0.313. The number of benzene rings is 1. The van der Waals surface area contributed by atoms with E-state index in [1.54, 1.807) is 13.1 Å². The number of pyridine rings is 1. The Labute approximate surface area is 172 Å². The first-order valence-electron chi connectivity index (χ1n) is 10.3. The normalized spacial score (nSPS) is 11.8. The summed E-state index contributed by atoms with van der Waals surface area (Å²) >= 11 is 0. The summed E-state index contributed by atoms with van der Waals surface area (Å²) in [4.78, 5) is 19.5. The number of nitrogens with one attached hydrogen (secondary N) is 3. The van der Waals surface area contributed by atoms with Gasteiger partial charge in [0.1, 0.15) is 0 Å². The van der Waals surface area contributed by atoms with Crippen LogP contribution in [0.1, 0.15) is 29.7 Å². The van der Waals surface area contributed by atoms with Crippen molar-refractivity contribution in [3.8, 4) is 0 Å². The zero-order valence-electron chi connectivity index (χ0n) is 17.6. The number of hydrogen-bond donors (Lipinski definition) is 3. The van der Waals surface area contributed by atoms with Crippen LogP contribution in [0.2, 0.25) is 0 Å². The van der Waals surface area contributed by atoms with E-state index < -0.39 is 0 Å². The molecule has 6 nitrogen and oxygen atoms in total. The molecule has 0 aliphatic carbocycles. The lowest BCUT2D eigenvalue weighted by Gasteiger charge is -2.12. The lowest BCUT2D eigenvalue weighted by Crippen LogP contribution is -2.38. The summed E-state index contributed by atoms with van der Waals surface area (Å²) in [6.07, 6.45) is 4.95. The molecule has 0 saturated heterocycles. The number of nitrogens with zero attached hydrogens (tertiary/aromatic N) is 2. The Balaban J connectivity index is 1.39. The fourth-order valence-electron chi connectivity index (χ4n) is 3.55. The van der Waals surface area contributed by atoms with Crippen molar-refractivity contribution < 1.29 is 0 Å². The number of H-pyrrole nitrogens is 1. The number of aryl methyl sites for hydroxylation is 2. The van der Waals surface area contributed by atoms with Crippen LogP contribution in [0, 0.1) is 13.8 Å². The Morgan fingerprint density at radius 2 is 1.93 bits per heavy atom. The molecule has 2 heterocycles. The predicted molar refractivity (Wildman–Crippen MR) is 121 cm³/mol. The van der Waals surface area contributed by atoms with E-state index in [4.69, 9.17) is 0 Å². The van der Waals surface area contributed by atoms with Crippen LogP contribution in [0.25, 0.3) is 10.9 Å². The van der Waals surface area contributed by atoms with Gasteiger partial charge in [0.25, 0.3) is 5.56 Å². The lowest BCUT2D eigenvalue weighted by atomic mass is 10.1. The third-order valence-corrected chi connectivity index (χ3v) is 5.20. The van der Waals surface area contributed by atoms with Gasteiger partial charge in [0.2, 0.25) is 0 Å². The second kappa shape index (κ2) is 9.96. The summed E-state index contributed by atoms with van der Waals surface area (Å²) in [7, 11) is 1.79. The van der Waals surface area contributed by atoms with Gasteiger partial charge < -0.3 is 20.2 Å². The van der Waals surface area contributed by atoms with Crippen molar-refractivity contribution in [2.45, 2.75) is 39.7 Å². The molecule has 0 radical (unpaired) electrons. The minimum absolute atomic E-state index is 0.0721. The van der Waals surface area contributed by atoms with Crippen LogP contribution in [0.15, 0.2) is 52.4 Å². The van der Waals surface area contributed by atoms with Gasteiger partial charge in [-0.15, -0.1) is 0 Å². The third kappa shape index (κ3) is 5.50. The van der Waals surface area contributed by atoms with Gasteiger partial charge in [-0.3, -0.25) is 9.79 Å². The molecule has 1 aromatic carbocycles. The summed E-state index contributed by atoms with van der Waals surface area (Å²) in [6.45, 7) is 6.47. The van der Waals surface area contributed by atoms with Gasteiger partial charge in [0.15, 0.2) is 5.96 Å². The first-order chi connectivity index (χ1) is 14.1. The molecule has 2 aromatic heterocycles. The maximum absolute atomic E-state index is 11.9. The van der Waals surface area contributed by atoms with E-state index in [0.717, 1.165) is 50.6 Å². The van der Waals surface area contributed by atoms with Crippen molar-refractivity contribution in [1.29, 1.82) is 0 Å². The average Bonchev–Trinajstić information content (AvgIpc) is 3.10. The molecule has 0 bridgehead atoms. The van der Waals surface area contributed by atoms with E-state index in [2.05, 4.69) is 51.9 Å². The van der Waals surface area contributed by atoms with Crippen molar-refractivity contribution >= 4 is 16.9 Å². The molecule has 0 saturated carbocycles. The summed E-state index contributed by atoms with van der Waals surface area (Å²) in [5.74, 6) is 0.814. The van der Waals surface area contributed by atoms with Crippen LogP contribution < -0.4 is 16.2 Å². The molecule has 0 amide bonds. The second-order valence-corrected chi connectivity index (χ2v) is 7.40. The molecule has 29 heavy (non-hydrogen) atoms. The van der Waals surface area contributed by atoms with Gasteiger partial charge in [0, 0.05) is 55.5 Å². The highest BCUT2D eigenvalue weighted by Gasteiger charge is 2.05. The fraction of sp³-hybridized carbons (Fsp3) is 0.391. The van der Waals surface area contributed by atoms with Crippen LogP contribution in [-0.4, -0.2) is 35.6 Å². The molecule has 0 fully saturated rings. The van der Waals surface area contributed by atoms with Crippen molar-refractivity contribution in [3.05, 3.63) is 69.8 Å². The van der Waals surface area contributed by atoms with E-state index in [0.29, 0.717) is 0 Å². The van der Waals surface area contributed by atoms with Crippen LogP contribution in [0.3, 0.4) is 0 Å². The number of unbranched alkanes of at least 4 members (excludes halogenated alkanes) is 1. The highest BCUT2D eigenvalue weighted by Crippen LogP contribution is 2.19. The molecule has 0 aliphatic rings. The molecular weight excluding hydrogens is 362 g/mol. The Kier molecular flexibility index (Phi) is 7.11. The maximum Gasteiger partial charge on any atom is 0.250 e. The van der Waals surface area contributed by atoms with Gasteiger partial charge >= 0.3 is 0 Å². The van der Waals surface area contributed by atoms with E-state index in [1.807, 2.05) is 23.6 Å². The highest BCUT2D eigenvalue weighted by molar-refractivity contribution is 5.84. The Bertz CT molecular complexity index is 1030. The van der Waals surface area contributed by atoms with E-state index in [9.17, 15) is 4.79 Å². The first kappa shape index (κ1) is 20.7. The van der Waals surface area contributed by atoms with Gasteiger partial charge in [-0.25, -0.2) is 0 Å². The lowest BCUT2D eigenvalue weighted by molar-refractivity contribution is 0.575. The van der Waals surface area contributed by atoms with Crippen molar-refractivity contribution in [2.24, 2.45) is 4.99 Å². The van der Waals surface area contributed by atoms with E-state index >= 15 is 0 Å². The largest absolute Gasteiger partial charge is 0.361 e. The zero-order valence-corrected chi connectivity index (χ0v) is 17.6. The smallest absolute Gasteiger partial charge is 0.250 e. The SMILES string of the molecule is CN=C(NCCCCn1c(C)cccc1=O)NCCc1c[nH]c2cc(C)ccc12. The number of guanidine groups is 1. The summed E-state index contributed by atoms with van der Waals surface area (Å²) in [6, 6.07) is 11.9. The average molecular weight is 394 g/mol. The number of aliphatic imine (C=N–C) groups is 1. The second-order valence-electron chi connectivity index (χ2n) is 7.40. The summed E-state index contributed by atoms with van der Waals surface area (Å²) in [5.41, 5.74) is 4.85. The minimum atomic E-state index is 0.0721. The van der Waals surface area contributed by atoms with Gasteiger partial charge in [-0.1, -0.05) is 18.2 Å². The Morgan fingerprint density at radius 3 is 2.72 bits per heavy atom. The van der Waals surface area contributed by atoms with E-state index in [1.165, 1.54) is 22.0 Å². The van der Waals surface area contributed by atoms with Crippen LogP contribution in [0.5, 0.6) is 0 Å². The van der Waals surface area contributed by atoms with Gasteiger partial charge in [-0.2, -0.15) is 0 Å². The Hall–Kier alpha value is -3.02. The van der Waals surface area contributed by atoms with Gasteiger partial charge in [0.05, 0.1) is 0 Å². The summed E-state index contributed by atoms with van der Waals surface area (Å²) in [5, 5.41) is 8.02. The zero-order chi connectivity index (χ0) is 20.6. The van der Waals surface area contributed by atoms with Crippen LogP contribution >= 0.6 is 0 Å². The fourth-order valence-corrected chi connectivity index (χ4v) is 3.55. The molecule has 3 N–H and O–H groups in total. The van der Waals surface area contributed by atoms with Gasteiger partial charge in [-0.05, 0) is 56.4 Å². The first-order valence-corrected chi connectivity index (χ1v) is 10.3. The maximum atomic E-state index is 11.9. The number of hydrogen-bond acceptors (Lipinski definition) is 2. The molecular formula is C23H31N5O. The monoisotopic (exact) mass is 393 g/mol. The molecule has 3 rings (SSSR count). The molecule has 0 atom stereocenters. The standard InChI is InChI=1S/C23H31N5O/c1-17-9-10-20-19(16-27-21(20)15-17)11-13-26-23(24-3)25-12-4-5-14-28-18(2)7-6-8-22(28)29/h6-10,15-16,27H,4-5,11-14H2,1-3H3,(H2,24,25,26). The van der Waals surface area contributed by atoms with Crippen molar-refractivity contribution in [3.63, 3.8) is 0 Å². The van der Waals surface area contributed by atoms with E-state index in [-0.39, 0.29) is 5.56 Å². The van der Waals surface area contributed by atoms with Crippen molar-refractivity contribution in [1.82, 2.24) is 20.2 Å². The Morgan fingerprint density at radius 1 is 1.10 bits per heavy atom. The molecule has 6 heteroatoms. The van der Waals surface area contributed by atoms with Crippen LogP contribution in [0.4, 0.5) is 0 Å². The molecule has 3 aromatic rings. The number of aromatic amines is 1. The number of aromatic nitrogens is 2. The predicted octanol–water partition coefficient (Wildman–Crippen LogP) is 3.13. The minimum Gasteiger partial charge on any atom is -0.361 e. The van der Waals surface area contributed by atoms with Crippen molar-refractivity contribution in [2.75, 3.05) is 20.1 Å². The molecule has 0 unspecified atom stereocenters. The molecule has 0 aliphatic heterocycles. The van der Waals surface area contributed by atoms with Crippen LogP contribution in [-0.2, 0) is 13.0 Å². The molecule has 154 valence electrons. The molecule has 0 spiro atoms. The summed E-state index contributed by atoms with van der Waals surface area (Å²) < 4.78 is 1.83. The topological polar surface area (TPSA) is 74.2 Å². The highest BCUT2D eigenvalue weighted by atomic mass is 16.1.